The van der Waals surface area contributed by atoms with Crippen LogP contribution in [0.5, 0.6) is 0 Å². The summed E-state index contributed by atoms with van der Waals surface area (Å²) in [5, 5.41) is 0. The molecule has 1 aromatic carbocycles. The van der Waals surface area contributed by atoms with E-state index in [1.165, 1.54) is 17.7 Å². The van der Waals surface area contributed by atoms with Gasteiger partial charge in [-0.15, -0.1) is 0 Å². The van der Waals surface area contributed by atoms with Crippen LogP contribution in [0.3, 0.4) is 0 Å². The Morgan fingerprint density at radius 2 is 1.81 bits per heavy atom. The lowest BCUT2D eigenvalue weighted by Gasteiger charge is -2.01. The molecule has 0 bridgehead atoms. The fourth-order valence-corrected chi connectivity index (χ4v) is 3.22. The molecule has 0 saturated carbocycles. The number of hydrogen-bond donors (Lipinski definition) is 0. The number of nitrogens with zero attached hydrogens (tertiary/aromatic N) is 1. The molecule has 0 radical (unpaired) electrons. The van der Waals surface area contributed by atoms with Gasteiger partial charge in [-0.25, -0.2) is 0 Å². The van der Waals surface area contributed by atoms with Crippen molar-refractivity contribution in [3.8, 4) is 0 Å². The highest BCUT2D eigenvalue weighted by atomic mass is 33.1. The van der Waals surface area contributed by atoms with Gasteiger partial charge in [0.05, 0.1) is 0 Å². The SMILES string of the molecule is CCCSSCCN=C(C)c1ccccc1. The van der Waals surface area contributed by atoms with E-state index in [4.69, 9.17) is 0 Å². The van der Waals surface area contributed by atoms with Gasteiger partial charge < -0.3 is 0 Å². The summed E-state index contributed by atoms with van der Waals surface area (Å²) < 4.78 is 0. The van der Waals surface area contributed by atoms with Crippen LogP contribution in [0.4, 0.5) is 0 Å². The highest BCUT2D eigenvalue weighted by molar-refractivity contribution is 8.76. The zero-order valence-electron chi connectivity index (χ0n) is 9.98. The molecule has 0 spiro atoms. The molecule has 0 amide bonds. The number of hydrogen-bond acceptors (Lipinski definition) is 3. The Morgan fingerprint density at radius 1 is 1.12 bits per heavy atom. The van der Waals surface area contributed by atoms with Crippen LogP contribution in [0, 0.1) is 0 Å². The smallest absolute Gasteiger partial charge is 0.0491 e. The van der Waals surface area contributed by atoms with Gasteiger partial charge in [-0.3, -0.25) is 4.99 Å². The van der Waals surface area contributed by atoms with Gasteiger partial charge in [0, 0.05) is 23.8 Å². The summed E-state index contributed by atoms with van der Waals surface area (Å²) in [6.07, 6.45) is 1.25. The molecule has 0 unspecified atom stereocenters. The van der Waals surface area contributed by atoms with Crippen molar-refractivity contribution >= 4 is 27.3 Å². The van der Waals surface area contributed by atoms with Gasteiger partial charge in [0.1, 0.15) is 0 Å². The van der Waals surface area contributed by atoms with Gasteiger partial charge in [0.2, 0.25) is 0 Å². The molecule has 0 saturated heterocycles. The van der Waals surface area contributed by atoms with Crippen molar-refractivity contribution in [2.75, 3.05) is 18.1 Å². The molecule has 0 N–H and O–H groups in total. The van der Waals surface area contributed by atoms with Gasteiger partial charge in [-0.05, 0) is 18.9 Å². The first-order chi connectivity index (χ1) is 7.84. The van der Waals surface area contributed by atoms with Crippen molar-refractivity contribution in [1.29, 1.82) is 0 Å². The lowest BCUT2D eigenvalue weighted by molar-refractivity contribution is 1.11. The average Bonchev–Trinajstić information content (AvgIpc) is 2.34. The molecule has 1 rings (SSSR count). The van der Waals surface area contributed by atoms with Crippen LogP contribution in [-0.4, -0.2) is 23.8 Å². The van der Waals surface area contributed by atoms with E-state index < -0.39 is 0 Å². The number of benzene rings is 1. The lowest BCUT2D eigenvalue weighted by Crippen LogP contribution is -1.96. The highest BCUT2D eigenvalue weighted by Crippen LogP contribution is 2.21. The molecular formula is C13H19NS2. The average molecular weight is 253 g/mol. The standard InChI is InChI=1S/C13H19NS2/c1-3-10-15-16-11-9-14-12(2)13-7-5-4-6-8-13/h4-8H,3,9-11H2,1-2H3. The Labute approximate surface area is 107 Å². The Morgan fingerprint density at radius 3 is 2.50 bits per heavy atom. The zero-order chi connectivity index (χ0) is 11.6. The lowest BCUT2D eigenvalue weighted by atomic mass is 10.1. The monoisotopic (exact) mass is 253 g/mol. The summed E-state index contributed by atoms with van der Waals surface area (Å²) >= 11 is 0. The van der Waals surface area contributed by atoms with Crippen molar-refractivity contribution in [3.63, 3.8) is 0 Å². The second kappa shape index (κ2) is 8.71. The minimum atomic E-state index is 0.919. The largest absolute Gasteiger partial charge is 0.289 e. The van der Waals surface area contributed by atoms with E-state index in [9.17, 15) is 0 Å². The van der Waals surface area contributed by atoms with E-state index in [1.54, 1.807) is 0 Å². The maximum atomic E-state index is 4.57. The van der Waals surface area contributed by atoms with Crippen LogP contribution in [0.1, 0.15) is 25.8 Å². The number of aliphatic imine (C=N–C) groups is 1. The molecule has 3 heteroatoms. The van der Waals surface area contributed by atoms with Gasteiger partial charge in [-0.2, -0.15) is 0 Å². The summed E-state index contributed by atoms with van der Waals surface area (Å²) in [5.41, 5.74) is 2.37. The first-order valence-electron chi connectivity index (χ1n) is 5.65. The summed E-state index contributed by atoms with van der Waals surface area (Å²) in [6.45, 7) is 5.21. The third kappa shape index (κ3) is 5.61. The maximum absolute atomic E-state index is 4.57. The normalized spacial score (nSPS) is 11.8. The zero-order valence-corrected chi connectivity index (χ0v) is 11.6. The highest BCUT2D eigenvalue weighted by Gasteiger charge is 1.94. The second-order valence-electron chi connectivity index (χ2n) is 3.48. The molecule has 0 fully saturated rings. The van der Waals surface area contributed by atoms with Crippen molar-refractivity contribution in [2.24, 2.45) is 4.99 Å². The fraction of sp³-hybridized carbons (Fsp3) is 0.462. The second-order valence-corrected chi connectivity index (χ2v) is 6.18. The van der Waals surface area contributed by atoms with E-state index in [0.717, 1.165) is 18.0 Å². The van der Waals surface area contributed by atoms with Crippen molar-refractivity contribution in [2.45, 2.75) is 20.3 Å². The molecule has 0 aliphatic carbocycles. The Balaban J connectivity index is 2.24. The van der Waals surface area contributed by atoms with E-state index in [1.807, 2.05) is 27.7 Å². The molecule has 0 aromatic heterocycles. The Kier molecular flexibility index (Phi) is 7.43. The topological polar surface area (TPSA) is 12.4 Å². The first-order valence-corrected chi connectivity index (χ1v) is 8.14. The molecule has 0 aliphatic heterocycles. The minimum Gasteiger partial charge on any atom is -0.289 e. The van der Waals surface area contributed by atoms with Crippen molar-refractivity contribution in [1.82, 2.24) is 0 Å². The van der Waals surface area contributed by atoms with Crippen LogP contribution in [0.2, 0.25) is 0 Å². The molecule has 16 heavy (non-hydrogen) atoms. The van der Waals surface area contributed by atoms with E-state index in [2.05, 4.69) is 43.1 Å². The van der Waals surface area contributed by atoms with Crippen LogP contribution in [0.15, 0.2) is 35.3 Å². The summed E-state index contributed by atoms with van der Waals surface area (Å²) in [4.78, 5) is 4.57. The molecule has 1 nitrogen and oxygen atoms in total. The number of rotatable bonds is 7. The molecular weight excluding hydrogens is 234 g/mol. The van der Waals surface area contributed by atoms with Gasteiger partial charge in [-0.1, -0.05) is 58.8 Å². The van der Waals surface area contributed by atoms with Gasteiger partial charge >= 0.3 is 0 Å². The van der Waals surface area contributed by atoms with Crippen molar-refractivity contribution < 1.29 is 0 Å². The predicted octanol–water partition coefficient (Wildman–Crippen LogP) is 4.29. The maximum Gasteiger partial charge on any atom is 0.0491 e. The van der Waals surface area contributed by atoms with Gasteiger partial charge in [0.25, 0.3) is 0 Å². The third-order valence-electron chi connectivity index (χ3n) is 2.09. The van der Waals surface area contributed by atoms with E-state index in [0.29, 0.717) is 0 Å². The Bertz CT molecular complexity index is 309. The summed E-state index contributed by atoms with van der Waals surface area (Å²) in [7, 11) is 3.87. The predicted molar refractivity (Wildman–Crippen MR) is 78.7 cm³/mol. The Hall–Kier alpha value is -0.410. The van der Waals surface area contributed by atoms with Crippen molar-refractivity contribution in [3.05, 3.63) is 35.9 Å². The van der Waals surface area contributed by atoms with E-state index in [-0.39, 0.29) is 0 Å². The van der Waals surface area contributed by atoms with Gasteiger partial charge in [0.15, 0.2) is 0 Å². The molecule has 88 valence electrons. The molecule has 1 aromatic rings. The third-order valence-corrected chi connectivity index (χ3v) is 4.68. The first kappa shape index (κ1) is 13.7. The summed E-state index contributed by atoms with van der Waals surface area (Å²) in [6, 6.07) is 10.4. The molecule has 0 heterocycles. The minimum absolute atomic E-state index is 0.919. The molecule has 0 atom stereocenters. The van der Waals surface area contributed by atoms with E-state index >= 15 is 0 Å². The summed E-state index contributed by atoms with van der Waals surface area (Å²) in [5.74, 6) is 2.35. The van der Waals surface area contributed by atoms with Crippen LogP contribution >= 0.6 is 21.6 Å². The van der Waals surface area contributed by atoms with Crippen LogP contribution < -0.4 is 0 Å². The van der Waals surface area contributed by atoms with Crippen LogP contribution in [-0.2, 0) is 0 Å². The van der Waals surface area contributed by atoms with Crippen LogP contribution in [0.25, 0.3) is 0 Å². The molecule has 0 aliphatic rings. The fourth-order valence-electron chi connectivity index (χ4n) is 1.22. The quantitative estimate of drug-likeness (QED) is 0.408.